The van der Waals surface area contributed by atoms with Crippen molar-refractivity contribution in [3.05, 3.63) is 0 Å². The van der Waals surface area contributed by atoms with Gasteiger partial charge in [0.05, 0.1) is 6.54 Å². The van der Waals surface area contributed by atoms with Gasteiger partial charge in [0.25, 0.3) is 5.91 Å². The Morgan fingerprint density at radius 1 is 1.19 bits per heavy atom. The lowest BCUT2D eigenvalue weighted by atomic mass is 10.1. The maximum Gasteiger partial charge on any atom is 0.326 e. The van der Waals surface area contributed by atoms with Crippen LogP contribution in [0, 0.1) is 0 Å². The highest BCUT2D eigenvalue weighted by molar-refractivity contribution is 6.37. The van der Waals surface area contributed by atoms with E-state index in [2.05, 4.69) is 0 Å². The van der Waals surface area contributed by atoms with Gasteiger partial charge in [-0.2, -0.15) is 0 Å². The maximum atomic E-state index is 11.0. The molecule has 0 aromatic heterocycles. The van der Waals surface area contributed by atoms with Crippen molar-refractivity contribution in [2.45, 2.75) is 18.9 Å². The lowest BCUT2D eigenvalue weighted by molar-refractivity contribution is -0.144. The molecular weight excluding hydrogens is 220 g/mol. The van der Waals surface area contributed by atoms with Crippen LogP contribution in [0.2, 0.25) is 0 Å². The lowest BCUT2D eigenvalue weighted by Gasteiger charge is -2.12. The summed E-state index contributed by atoms with van der Waals surface area (Å²) >= 11 is 0. The van der Waals surface area contributed by atoms with E-state index in [0.717, 1.165) is 0 Å². The highest BCUT2D eigenvalue weighted by Gasteiger charge is 2.23. The van der Waals surface area contributed by atoms with E-state index < -0.39 is 42.6 Å². The smallest absolute Gasteiger partial charge is 0.326 e. The van der Waals surface area contributed by atoms with Crippen LogP contribution in [0.4, 0.5) is 0 Å². The summed E-state index contributed by atoms with van der Waals surface area (Å²) in [5.74, 6) is -4.67. The Kier molecular flexibility index (Phi) is 5.71. The maximum absolute atomic E-state index is 11.0. The number of aliphatic carboxylic acids is 2. The SMILES string of the molecule is NCC(=O)C(=O)N[C@@H](CCC(=O)O)C(=O)O. The first-order valence-electron chi connectivity index (χ1n) is 4.36. The van der Waals surface area contributed by atoms with Gasteiger partial charge in [0, 0.05) is 6.42 Å². The lowest BCUT2D eigenvalue weighted by Crippen LogP contribution is -2.45. The van der Waals surface area contributed by atoms with Crippen molar-refractivity contribution in [1.29, 1.82) is 0 Å². The second-order valence-electron chi connectivity index (χ2n) is 2.92. The average Bonchev–Trinajstić information content (AvgIpc) is 2.21. The van der Waals surface area contributed by atoms with Gasteiger partial charge in [-0.3, -0.25) is 14.4 Å². The molecular formula is C8H12N2O6. The quantitative estimate of drug-likeness (QED) is 0.369. The van der Waals surface area contributed by atoms with Crippen LogP contribution in [0.1, 0.15) is 12.8 Å². The van der Waals surface area contributed by atoms with Gasteiger partial charge < -0.3 is 21.3 Å². The minimum absolute atomic E-state index is 0.297. The number of hydrogen-bond acceptors (Lipinski definition) is 5. The number of ketones is 1. The minimum Gasteiger partial charge on any atom is -0.481 e. The van der Waals surface area contributed by atoms with E-state index in [0.29, 0.717) is 0 Å². The minimum atomic E-state index is -1.40. The first kappa shape index (κ1) is 14.0. The molecule has 0 saturated heterocycles. The summed E-state index contributed by atoms with van der Waals surface area (Å²) in [7, 11) is 0. The van der Waals surface area contributed by atoms with Crippen LogP contribution in [0.3, 0.4) is 0 Å². The summed E-state index contributed by atoms with van der Waals surface area (Å²) in [6.07, 6.45) is -0.720. The summed E-state index contributed by atoms with van der Waals surface area (Å²) < 4.78 is 0. The normalized spacial score (nSPS) is 11.6. The predicted molar refractivity (Wildman–Crippen MR) is 50.5 cm³/mol. The van der Waals surface area contributed by atoms with E-state index in [1.807, 2.05) is 5.32 Å². The Hall–Kier alpha value is -1.96. The number of Topliss-reactive ketones (excluding diaryl/α,β-unsaturated/α-hetero) is 1. The van der Waals surface area contributed by atoms with Crippen LogP contribution in [0.25, 0.3) is 0 Å². The molecule has 0 aliphatic rings. The van der Waals surface area contributed by atoms with Gasteiger partial charge in [-0.1, -0.05) is 0 Å². The molecule has 0 unspecified atom stereocenters. The van der Waals surface area contributed by atoms with Crippen molar-refractivity contribution in [3.63, 3.8) is 0 Å². The number of amides is 1. The molecule has 1 amide bonds. The van der Waals surface area contributed by atoms with E-state index in [-0.39, 0.29) is 6.42 Å². The van der Waals surface area contributed by atoms with Crippen LogP contribution < -0.4 is 11.1 Å². The zero-order valence-corrected chi connectivity index (χ0v) is 8.30. The number of hydrogen-bond donors (Lipinski definition) is 4. The summed E-state index contributed by atoms with van der Waals surface area (Å²) in [5, 5.41) is 18.9. The van der Waals surface area contributed by atoms with Crippen LogP contribution >= 0.6 is 0 Å². The predicted octanol–water partition coefficient (Wildman–Crippen LogP) is -2.05. The third-order valence-electron chi connectivity index (χ3n) is 1.69. The van der Waals surface area contributed by atoms with Crippen molar-refractivity contribution in [3.8, 4) is 0 Å². The number of carboxylic acid groups (broad SMARTS) is 2. The molecule has 1 atom stereocenters. The van der Waals surface area contributed by atoms with Crippen LogP contribution in [0.15, 0.2) is 0 Å². The topological polar surface area (TPSA) is 147 Å². The third kappa shape index (κ3) is 5.05. The zero-order valence-electron chi connectivity index (χ0n) is 8.30. The van der Waals surface area contributed by atoms with Crippen LogP contribution in [0.5, 0.6) is 0 Å². The van der Waals surface area contributed by atoms with Crippen molar-refractivity contribution in [2.24, 2.45) is 5.73 Å². The fourth-order valence-corrected chi connectivity index (χ4v) is 0.857. The fourth-order valence-electron chi connectivity index (χ4n) is 0.857. The Labute approximate surface area is 90.4 Å². The Bertz CT molecular complexity index is 314. The van der Waals surface area contributed by atoms with E-state index in [4.69, 9.17) is 15.9 Å². The molecule has 8 nitrogen and oxygen atoms in total. The van der Waals surface area contributed by atoms with E-state index in [1.165, 1.54) is 0 Å². The van der Waals surface area contributed by atoms with Crippen molar-refractivity contribution in [1.82, 2.24) is 5.32 Å². The summed E-state index contributed by atoms with van der Waals surface area (Å²) in [5.41, 5.74) is 4.90. The zero-order chi connectivity index (χ0) is 12.7. The Morgan fingerprint density at radius 3 is 2.12 bits per heavy atom. The number of carboxylic acids is 2. The molecule has 0 saturated carbocycles. The molecule has 0 aliphatic carbocycles. The van der Waals surface area contributed by atoms with E-state index >= 15 is 0 Å². The molecule has 5 N–H and O–H groups in total. The first-order chi connectivity index (χ1) is 7.38. The molecule has 0 radical (unpaired) electrons. The molecule has 0 spiro atoms. The monoisotopic (exact) mass is 232 g/mol. The summed E-state index contributed by atoms with van der Waals surface area (Å²) in [4.78, 5) is 42.6. The van der Waals surface area contributed by atoms with Crippen molar-refractivity contribution >= 4 is 23.6 Å². The molecule has 16 heavy (non-hydrogen) atoms. The van der Waals surface area contributed by atoms with Gasteiger partial charge in [-0.05, 0) is 6.42 Å². The van der Waals surface area contributed by atoms with E-state index in [1.54, 1.807) is 0 Å². The standard InChI is InChI=1S/C8H12N2O6/c9-3-5(11)7(14)10-4(8(15)16)1-2-6(12)13/h4H,1-3,9H2,(H,10,14)(H,12,13)(H,15,16)/t4-/m0/s1. The molecule has 0 rings (SSSR count). The van der Waals surface area contributed by atoms with Crippen molar-refractivity contribution < 1.29 is 29.4 Å². The molecule has 0 bridgehead atoms. The molecule has 0 aromatic carbocycles. The number of rotatable bonds is 7. The van der Waals surface area contributed by atoms with Gasteiger partial charge in [0.1, 0.15) is 6.04 Å². The van der Waals surface area contributed by atoms with Crippen molar-refractivity contribution in [2.75, 3.05) is 6.54 Å². The van der Waals surface area contributed by atoms with Gasteiger partial charge >= 0.3 is 11.9 Å². The second kappa shape index (κ2) is 6.51. The first-order valence-corrected chi connectivity index (χ1v) is 4.36. The van der Waals surface area contributed by atoms with E-state index in [9.17, 15) is 19.2 Å². The number of carbonyl (C=O) groups excluding carboxylic acids is 2. The van der Waals surface area contributed by atoms with Gasteiger partial charge in [0.2, 0.25) is 5.78 Å². The molecule has 8 heteroatoms. The summed E-state index contributed by atoms with van der Waals surface area (Å²) in [6.45, 7) is -0.531. The highest BCUT2D eigenvalue weighted by Crippen LogP contribution is 1.98. The molecule has 90 valence electrons. The van der Waals surface area contributed by atoms with Crippen LogP contribution in [-0.4, -0.2) is 46.4 Å². The largest absolute Gasteiger partial charge is 0.481 e. The average molecular weight is 232 g/mol. The second-order valence-corrected chi connectivity index (χ2v) is 2.92. The highest BCUT2D eigenvalue weighted by atomic mass is 16.4. The fraction of sp³-hybridized carbons (Fsp3) is 0.500. The third-order valence-corrected chi connectivity index (χ3v) is 1.69. The number of nitrogens with one attached hydrogen (secondary N) is 1. The Balaban J connectivity index is 4.34. The number of nitrogens with two attached hydrogens (primary N) is 1. The number of carbonyl (C=O) groups is 4. The summed E-state index contributed by atoms with van der Waals surface area (Å²) in [6, 6.07) is -1.40. The molecule has 0 fully saturated rings. The molecule has 0 heterocycles. The van der Waals surface area contributed by atoms with Gasteiger partial charge in [0.15, 0.2) is 0 Å². The molecule has 0 aromatic rings. The van der Waals surface area contributed by atoms with Gasteiger partial charge in [-0.15, -0.1) is 0 Å². The van der Waals surface area contributed by atoms with Gasteiger partial charge in [-0.25, -0.2) is 4.79 Å². The Morgan fingerprint density at radius 2 is 1.75 bits per heavy atom. The molecule has 0 aliphatic heterocycles. The van der Waals surface area contributed by atoms with Crippen LogP contribution in [-0.2, 0) is 19.2 Å².